The van der Waals surface area contributed by atoms with Crippen LogP contribution in [0.4, 0.5) is 0 Å². The maximum absolute atomic E-state index is 12.0. The van der Waals surface area contributed by atoms with Crippen molar-refractivity contribution in [3.63, 3.8) is 0 Å². The second-order valence-corrected chi connectivity index (χ2v) is 5.66. The molecule has 0 unspecified atom stereocenters. The minimum atomic E-state index is -0.605. The molecule has 1 saturated carbocycles. The van der Waals surface area contributed by atoms with Gasteiger partial charge in [-0.1, -0.05) is 20.8 Å². The molecule has 5 heteroatoms. The van der Waals surface area contributed by atoms with Crippen molar-refractivity contribution in [2.45, 2.75) is 46.5 Å². The van der Waals surface area contributed by atoms with Gasteiger partial charge in [0.25, 0.3) is 0 Å². The fourth-order valence-corrected chi connectivity index (χ4v) is 2.20. The SMILES string of the molecule is CCCC(O)=C1C(=O)CC(C(=O)NCC(C)C)CC1=O. The normalized spacial score (nSPS) is 19.4. The first-order chi connectivity index (χ1) is 9.36. The second-order valence-electron chi connectivity index (χ2n) is 5.66. The van der Waals surface area contributed by atoms with E-state index in [9.17, 15) is 19.5 Å². The Morgan fingerprint density at radius 2 is 1.85 bits per heavy atom. The molecule has 112 valence electrons. The molecule has 5 nitrogen and oxygen atoms in total. The molecule has 1 rings (SSSR count). The predicted octanol–water partition coefficient (Wildman–Crippen LogP) is 1.92. The van der Waals surface area contributed by atoms with Crippen molar-refractivity contribution in [1.82, 2.24) is 5.32 Å². The Hall–Kier alpha value is -1.65. The van der Waals surface area contributed by atoms with E-state index in [2.05, 4.69) is 5.32 Å². The van der Waals surface area contributed by atoms with Gasteiger partial charge in [0.15, 0.2) is 11.6 Å². The Morgan fingerprint density at radius 3 is 2.30 bits per heavy atom. The highest BCUT2D eigenvalue weighted by atomic mass is 16.3. The lowest BCUT2D eigenvalue weighted by atomic mass is 9.82. The zero-order chi connectivity index (χ0) is 15.3. The van der Waals surface area contributed by atoms with Crippen molar-refractivity contribution in [3.8, 4) is 0 Å². The van der Waals surface area contributed by atoms with Gasteiger partial charge in [0.1, 0.15) is 5.76 Å². The van der Waals surface area contributed by atoms with Crippen LogP contribution in [0.25, 0.3) is 0 Å². The van der Waals surface area contributed by atoms with Crippen LogP contribution < -0.4 is 5.32 Å². The monoisotopic (exact) mass is 281 g/mol. The standard InChI is InChI=1S/C15H23NO4/c1-4-5-11(17)14-12(18)6-10(7-13(14)19)15(20)16-8-9(2)3/h9-10,17H,4-8H2,1-3H3,(H,16,20). The van der Waals surface area contributed by atoms with E-state index in [1.165, 1.54) is 0 Å². The number of amides is 1. The molecule has 0 aromatic rings. The van der Waals surface area contributed by atoms with Gasteiger partial charge in [-0.2, -0.15) is 0 Å². The second kappa shape index (κ2) is 7.22. The smallest absolute Gasteiger partial charge is 0.224 e. The zero-order valence-electron chi connectivity index (χ0n) is 12.4. The molecule has 0 bridgehead atoms. The lowest BCUT2D eigenvalue weighted by Gasteiger charge is -2.22. The Morgan fingerprint density at radius 1 is 1.30 bits per heavy atom. The van der Waals surface area contributed by atoms with Crippen molar-refractivity contribution in [1.29, 1.82) is 0 Å². The van der Waals surface area contributed by atoms with Crippen molar-refractivity contribution in [3.05, 3.63) is 11.3 Å². The van der Waals surface area contributed by atoms with Crippen LogP contribution in [-0.4, -0.2) is 29.1 Å². The summed E-state index contributed by atoms with van der Waals surface area (Å²) in [5.74, 6) is -1.52. The number of hydrogen-bond acceptors (Lipinski definition) is 4. The summed E-state index contributed by atoms with van der Waals surface area (Å²) in [6.07, 6.45) is 0.975. The Balaban J connectivity index is 2.74. The van der Waals surface area contributed by atoms with Crippen molar-refractivity contribution in [2.24, 2.45) is 11.8 Å². The summed E-state index contributed by atoms with van der Waals surface area (Å²) in [5.41, 5.74) is -0.0974. The van der Waals surface area contributed by atoms with Crippen LogP contribution >= 0.6 is 0 Å². The number of aliphatic hydroxyl groups is 1. The molecule has 1 amide bonds. The molecule has 0 heterocycles. The van der Waals surface area contributed by atoms with E-state index >= 15 is 0 Å². The minimum absolute atomic E-state index is 0.00121. The topological polar surface area (TPSA) is 83.5 Å². The number of rotatable bonds is 5. The van der Waals surface area contributed by atoms with E-state index in [-0.39, 0.29) is 30.1 Å². The summed E-state index contributed by atoms with van der Waals surface area (Å²) >= 11 is 0. The number of nitrogens with one attached hydrogen (secondary N) is 1. The minimum Gasteiger partial charge on any atom is -0.511 e. The number of carbonyl (C=O) groups excluding carboxylic acids is 3. The first-order valence-corrected chi connectivity index (χ1v) is 7.13. The summed E-state index contributed by atoms with van der Waals surface area (Å²) in [7, 11) is 0. The molecule has 0 aromatic heterocycles. The summed E-state index contributed by atoms with van der Waals surface area (Å²) < 4.78 is 0. The molecule has 0 radical (unpaired) electrons. The molecule has 0 aromatic carbocycles. The Bertz CT molecular complexity index is 417. The Labute approximate surface area is 119 Å². The zero-order valence-corrected chi connectivity index (χ0v) is 12.4. The average molecular weight is 281 g/mol. The molecule has 20 heavy (non-hydrogen) atoms. The summed E-state index contributed by atoms with van der Waals surface area (Å²) in [5, 5.41) is 12.5. The fraction of sp³-hybridized carbons (Fsp3) is 0.667. The van der Waals surface area contributed by atoms with E-state index in [1.54, 1.807) is 0 Å². The lowest BCUT2D eigenvalue weighted by Crippen LogP contribution is -2.39. The molecular formula is C15H23NO4. The number of allylic oxidation sites excluding steroid dienone is 2. The molecule has 0 saturated heterocycles. The van der Waals surface area contributed by atoms with Crippen LogP contribution in [0.15, 0.2) is 11.3 Å². The molecular weight excluding hydrogens is 258 g/mol. The maximum atomic E-state index is 12.0. The highest BCUT2D eigenvalue weighted by molar-refractivity contribution is 6.23. The van der Waals surface area contributed by atoms with Crippen molar-refractivity contribution in [2.75, 3.05) is 6.54 Å². The first-order valence-electron chi connectivity index (χ1n) is 7.13. The van der Waals surface area contributed by atoms with Gasteiger partial charge in [-0.25, -0.2) is 0 Å². The van der Waals surface area contributed by atoms with Crippen molar-refractivity contribution >= 4 is 17.5 Å². The van der Waals surface area contributed by atoms with Crippen molar-refractivity contribution < 1.29 is 19.5 Å². The molecule has 0 aliphatic heterocycles. The number of hydrogen-bond donors (Lipinski definition) is 2. The van der Waals surface area contributed by atoms with Crippen LogP contribution in [0.3, 0.4) is 0 Å². The van der Waals surface area contributed by atoms with E-state index < -0.39 is 17.5 Å². The van der Waals surface area contributed by atoms with Gasteiger partial charge in [-0.3, -0.25) is 14.4 Å². The highest BCUT2D eigenvalue weighted by Gasteiger charge is 2.36. The number of carbonyl (C=O) groups is 3. The van der Waals surface area contributed by atoms with E-state index in [4.69, 9.17) is 0 Å². The number of aliphatic hydroxyl groups excluding tert-OH is 1. The lowest BCUT2D eigenvalue weighted by molar-refractivity contribution is -0.134. The number of Topliss-reactive ketones (excluding diaryl/α,β-unsaturated/α-hetero) is 2. The third-order valence-corrected chi connectivity index (χ3v) is 3.25. The first kappa shape index (κ1) is 16.4. The van der Waals surface area contributed by atoms with Gasteiger partial charge in [0, 0.05) is 25.8 Å². The molecule has 2 N–H and O–H groups in total. The van der Waals surface area contributed by atoms with E-state index in [1.807, 2.05) is 20.8 Å². The van der Waals surface area contributed by atoms with Gasteiger partial charge in [-0.15, -0.1) is 0 Å². The van der Waals surface area contributed by atoms with Crippen LogP contribution in [0.1, 0.15) is 46.5 Å². The average Bonchev–Trinajstić information content (AvgIpc) is 2.35. The summed E-state index contributed by atoms with van der Waals surface area (Å²) in [6.45, 7) is 6.33. The van der Waals surface area contributed by atoms with Gasteiger partial charge in [0.05, 0.1) is 11.5 Å². The quantitative estimate of drug-likeness (QED) is 0.458. The van der Waals surface area contributed by atoms with Gasteiger partial charge >= 0.3 is 0 Å². The molecule has 0 atom stereocenters. The Kier molecular flexibility index (Phi) is 5.92. The van der Waals surface area contributed by atoms with E-state index in [0.717, 1.165) is 0 Å². The molecule has 1 aliphatic carbocycles. The maximum Gasteiger partial charge on any atom is 0.224 e. The molecule has 1 fully saturated rings. The third kappa shape index (κ3) is 4.18. The van der Waals surface area contributed by atoms with Crippen LogP contribution in [0.5, 0.6) is 0 Å². The van der Waals surface area contributed by atoms with Crippen LogP contribution in [-0.2, 0) is 14.4 Å². The summed E-state index contributed by atoms with van der Waals surface area (Å²) in [6, 6.07) is 0. The van der Waals surface area contributed by atoms with E-state index in [0.29, 0.717) is 25.3 Å². The molecule has 1 aliphatic rings. The fourth-order valence-electron chi connectivity index (χ4n) is 2.20. The predicted molar refractivity (Wildman–Crippen MR) is 75.1 cm³/mol. The van der Waals surface area contributed by atoms with Gasteiger partial charge in [0.2, 0.25) is 5.91 Å². The van der Waals surface area contributed by atoms with Gasteiger partial charge in [-0.05, 0) is 12.3 Å². The highest BCUT2D eigenvalue weighted by Crippen LogP contribution is 2.26. The molecule has 0 spiro atoms. The third-order valence-electron chi connectivity index (χ3n) is 3.25. The van der Waals surface area contributed by atoms with Crippen LogP contribution in [0.2, 0.25) is 0 Å². The van der Waals surface area contributed by atoms with Crippen LogP contribution in [0, 0.1) is 11.8 Å². The van der Waals surface area contributed by atoms with Gasteiger partial charge < -0.3 is 10.4 Å². The summed E-state index contributed by atoms with van der Waals surface area (Å²) in [4.78, 5) is 35.8. The largest absolute Gasteiger partial charge is 0.511 e. The number of ketones is 2.